The van der Waals surface area contributed by atoms with Crippen molar-refractivity contribution in [3.63, 3.8) is 0 Å². The molecular weight excluding hydrogens is 304 g/mol. The van der Waals surface area contributed by atoms with Crippen LogP contribution in [0.5, 0.6) is 0 Å². The molecule has 1 heterocycles. The van der Waals surface area contributed by atoms with E-state index in [4.69, 9.17) is 12.2 Å². The van der Waals surface area contributed by atoms with Crippen LogP contribution in [0.3, 0.4) is 0 Å². The number of hydrogen-bond acceptors (Lipinski definition) is 1. The van der Waals surface area contributed by atoms with Gasteiger partial charge in [-0.3, -0.25) is 0 Å². The molecule has 2 rings (SSSR count). The minimum Gasteiger partial charge on any atom is -0.347 e. The molecule has 0 bridgehead atoms. The summed E-state index contributed by atoms with van der Waals surface area (Å²) in [7, 11) is 0.274. The Labute approximate surface area is 145 Å². The Morgan fingerprint density at radius 1 is 1.09 bits per heavy atom. The topological polar surface area (TPSA) is 6.48 Å². The quantitative estimate of drug-likeness (QED) is 0.376. The van der Waals surface area contributed by atoms with E-state index in [1.165, 1.54) is 64.1 Å². The molecule has 2 fully saturated rings. The Morgan fingerprint density at radius 3 is 2.50 bits per heavy atom. The Kier molecular flexibility index (Phi) is 7.68. The molecule has 4 heteroatoms. The molecule has 0 N–H and O–H groups in total. The normalized spacial score (nSPS) is 30.0. The summed E-state index contributed by atoms with van der Waals surface area (Å²) in [6.45, 7) is 10.7. The van der Waals surface area contributed by atoms with E-state index < -0.39 is 0 Å². The van der Waals surface area contributed by atoms with Crippen molar-refractivity contribution in [2.24, 2.45) is 11.8 Å². The van der Waals surface area contributed by atoms with Crippen LogP contribution in [0.4, 0.5) is 0 Å². The van der Waals surface area contributed by atoms with Crippen LogP contribution in [0.25, 0.3) is 0 Å². The van der Waals surface area contributed by atoms with Gasteiger partial charge in [-0.15, -0.1) is 0 Å². The van der Waals surface area contributed by atoms with Gasteiger partial charge in [-0.05, 0) is 50.2 Å². The Morgan fingerprint density at radius 2 is 1.82 bits per heavy atom. The second-order valence-electron chi connectivity index (χ2n) is 7.77. The van der Waals surface area contributed by atoms with Crippen LogP contribution in [0.15, 0.2) is 0 Å². The van der Waals surface area contributed by atoms with E-state index in [9.17, 15) is 0 Å². The lowest BCUT2D eigenvalue weighted by Crippen LogP contribution is -2.38. The number of rotatable bonds is 8. The summed E-state index contributed by atoms with van der Waals surface area (Å²) >= 11 is 5.79. The molecule has 0 amide bonds. The van der Waals surface area contributed by atoms with E-state index in [1.807, 2.05) is 0 Å². The third kappa shape index (κ3) is 5.22. The van der Waals surface area contributed by atoms with Crippen molar-refractivity contribution in [3.05, 3.63) is 0 Å². The molecule has 2 nitrogen and oxygen atoms in total. The second-order valence-corrected chi connectivity index (χ2v) is 9.84. The molecule has 0 unspecified atom stereocenters. The number of unbranched alkanes of at least 4 members (excludes halogenated alkanes) is 2. The highest BCUT2D eigenvalue weighted by Crippen LogP contribution is 2.30. The molecule has 1 saturated carbocycles. The van der Waals surface area contributed by atoms with Crippen molar-refractivity contribution in [2.45, 2.75) is 77.4 Å². The highest BCUT2D eigenvalue weighted by atomic mass is 32.1. The molecule has 1 atom stereocenters. The third-order valence-electron chi connectivity index (χ3n) is 5.65. The Bertz CT molecular complexity index is 342. The van der Waals surface area contributed by atoms with Crippen LogP contribution in [0, 0.1) is 11.8 Å². The first kappa shape index (κ1) is 18.2. The maximum absolute atomic E-state index is 5.79. The molecule has 0 aromatic heterocycles. The average Bonchev–Trinajstić information content (AvgIpc) is 2.77. The van der Waals surface area contributed by atoms with Gasteiger partial charge in [0.1, 0.15) is 0 Å². The van der Waals surface area contributed by atoms with E-state index >= 15 is 0 Å². The van der Waals surface area contributed by atoms with Gasteiger partial charge in [-0.25, -0.2) is 0 Å². The maximum Gasteiger partial charge on any atom is 0.171 e. The molecule has 0 aromatic carbocycles. The van der Waals surface area contributed by atoms with Gasteiger partial charge >= 0.3 is 0 Å². The summed E-state index contributed by atoms with van der Waals surface area (Å²) in [5.41, 5.74) is 0. The highest BCUT2D eigenvalue weighted by molar-refractivity contribution is 7.80. The van der Waals surface area contributed by atoms with Crippen molar-refractivity contribution in [1.82, 2.24) is 9.80 Å². The van der Waals surface area contributed by atoms with Crippen LogP contribution >= 0.6 is 12.2 Å². The zero-order valence-electron chi connectivity index (χ0n) is 15.0. The van der Waals surface area contributed by atoms with Crippen molar-refractivity contribution in [1.29, 1.82) is 0 Å². The number of nitrogens with zero attached hydrogens (tertiary/aromatic N) is 2. The van der Waals surface area contributed by atoms with E-state index in [2.05, 4.69) is 30.2 Å². The maximum atomic E-state index is 5.79. The van der Waals surface area contributed by atoms with Crippen molar-refractivity contribution < 1.29 is 0 Å². The van der Waals surface area contributed by atoms with Gasteiger partial charge in [0.2, 0.25) is 0 Å². The smallest absolute Gasteiger partial charge is 0.171 e. The summed E-state index contributed by atoms with van der Waals surface area (Å²) in [5.74, 6) is 1.83. The molecule has 1 saturated heterocycles. The van der Waals surface area contributed by atoms with Gasteiger partial charge in [0.25, 0.3) is 0 Å². The summed E-state index contributed by atoms with van der Waals surface area (Å²) in [6.07, 6.45) is 9.84. The zero-order valence-corrected chi connectivity index (χ0v) is 17.3. The summed E-state index contributed by atoms with van der Waals surface area (Å²) < 4.78 is 0. The largest absolute Gasteiger partial charge is 0.347 e. The molecule has 1 aliphatic heterocycles. The first-order chi connectivity index (χ1) is 10.6. The monoisotopic (exact) mass is 340 g/mol. The summed E-state index contributed by atoms with van der Waals surface area (Å²) in [4.78, 5) is 5.02. The van der Waals surface area contributed by atoms with Crippen LogP contribution in [-0.4, -0.2) is 50.1 Å². The molecule has 0 radical (unpaired) electrons. The van der Waals surface area contributed by atoms with Crippen LogP contribution in [0.2, 0.25) is 12.6 Å². The third-order valence-corrected chi connectivity index (χ3v) is 7.35. The molecule has 22 heavy (non-hydrogen) atoms. The first-order valence-corrected chi connectivity index (χ1v) is 12.5. The fraction of sp³-hybridized carbons (Fsp3) is 0.944. The molecule has 128 valence electrons. The van der Waals surface area contributed by atoms with Gasteiger partial charge in [0, 0.05) is 35.2 Å². The minimum absolute atomic E-state index is 0.274. The first-order valence-electron chi connectivity index (χ1n) is 9.67. The molecular formula is C18H36N2SSi. The SMILES string of the molecule is C[SiH2]CCCCCN1C[C@@H](C)N(CC2CCC(C)CC2)C1=S. The second kappa shape index (κ2) is 9.26. The molecule has 2 aliphatic rings. The molecule has 0 aromatic rings. The Balaban J connectivity index is 1.72. The van der Waals surface area contributed by atoms with E-state index in [0.29, 0.717) is 6.04 Å². The van der Waals surface area contributed by atoms with Gasteiger partial charge < -0.3 is 9.80 Å². The lowest BCUT2D eigenvalue weighted by atomic mass is 9.83. The van der Waals surface area contributed by atoms with Crippen LogP contribution in [0.1, 0.15) is 58.8 Å². The van der Waals surface area contributed by atoms with Gasteiger partial charge in [0.15, 0.2) is 5.11 Å². The lowest BCUT2D eigenvalue weighted by Gasteiger charge is -2.32. The highest BCUT2D eigenvalue weighted by Gasteiger charge is 2.32. The predicted molar refractivity (Wildman–Crippen MR) is 105 cm³/mol. The summed E-state index contributed by atoms with van der Waals surface area (Å²) in [5, 5.41) is 1.15. The van der Waals surface area contributed by atoms with E-state index in [1.54, 1.807) is 0 Å². The zero-order chi connectivity index (χ0) is 15.9. The molecule has 0 spiro atoms. The summed E-state index contributed by atoms with van der Waals surface area (Å²) in [6, 6.07) is 2.14. The van der Waals surface area contributed by atoms with Crippen molar-refractivity contribution in [2.75, 3.05) is 19.6 Å². The van der Waals surface area contributed by atoms with Gasteiger partial charge in [-0.1, -0.05) is 45.2 Å². The van der Waals surface area contributed by atoms with Crippen LogP contribution in [-0.2, 0) is 0 Å². The van der Waals surface area contributed by atoms with Crippen molar-refractivity contribution >= 4 is 26.8 Å². The van der Waals surface area contributed by atoms with Crippen molar-refractivity contribution in [3.8, 4) is 0 Å². The Hall–Kier alpha value is -0.0931. The standard InChI is InChI=1S/C18H36N2SSi/c1-15-7-9-17(10-8-15)14-20-16(2)13-19(18(20)21)11-5-4-6-12-22-3/h15-17H,4-14,22H2,1-3H3/t15?,16-,17?/m1/s1. The van der Waals surface area contributed by atoms with Gasteiger partial charge in [0.05, 0.1) is 0 Å². The van der Waals surface area contributed by atoms with Crippen LogP contribution < -0.4 is 0 Å². The average molecular weight is 341 g/mol. The van der Waals surface area contributed by atoms with E-state index in [0.717, 1.165) is 23.5 Å². The predicted octanol–water partition coefficient (Wildman–Crippen LogP) is 3.91. The van der Waals surface area contributed by atoms with Gasteiger partial charge in [-0.2, -0.15) is 0 Å². The minimum atomic E-state index is 0.274. The number of thiocarbonyl (C=S) groups is 1. The number of hydrogen-bond donors (Lipinski definition) is 0. The fourth-order valence-corrected chi connectivity index (χ4v) is 5.28. The lowest BCUT2D eigenvalue weighted by molar-refractivity contribution is 0.227. The fourth-order valence-electron chi connectivity index (χ4n) is 4.01. The molecule has 1 aliphatic carbocycles. The van der Waals surface area contributed by atoms with E-state index in [-0.39, 0.29) is 9.52 Å².